The summed E-state index contributed by atoms with van der Waals surface area (Å²) in [6, 6.07) is 0. The van der Waals surface area contributed by atoms with Gasteiger partial charge in [-0.1, -0.05) is 5.22 Å². The van der Waals surface area contributed by atoms with E-state index in [2.05, 4.69) is 10.3 Å². The number of carbonyl (C=O) groups is 1. The zero-order valence-electron chi connectivity index (χ0n) is 7.82. The Hall–Kier alpha value is -0.970. The highest BCUT2D eigenvalue weighted by molar-refractivity contribution is 5.45. The van der Waals surface area contributed by atoms with Crippen molar-refractivity contribution >= 4 is 6.41 Å². The van der Waals surface area contributed by atoms with Gasteiger partial charge in [-0.25, -0.2) is 5.01 Å². The first-order valence-corrected chi connectivity index (χ1v) is 3.84. The molecule has 0 aromatic rings. The molecule has 0 bridgehead atoms. The molecule has 12 heavy (non-hydrogen) atoms. The van der Waals surface area contributed by atoms with E-state index in [1.54, 1.807) is 0 Å². The summed E-state index contributed by atoms with van der Waals surface area (Å²) < 4.78 is 0. The highest BCUT2D eigenvalue weighted by Crippen LogP contribution is 2.06. The number of rotatable bonds is 4. The number of nitrogens with zero attached hydrogens (tertiary/aromatic N) is 3. The smallest absolute Gasteiger partial charge is 0.231 e. The van der Waals surface area contributed by atoms with Crippen LogP contribution in [0.5, 0.6) is 0 Å². The van der Waals surface area contributed by atoms with E-state index in [4.69, 9.17) is 5.73 Å². The summed E-state index contributed by atoms with van der Waals surface area (Å²) in [5, 5.41) is 8.81. The van der Waals surface area contributed by atoms with Crippen molar-refractivity contribution < 1.29 is 4.79 Å². The fraction of sp³-hybridized carbons (Fsp3) is 0.857. The maximum atomic E-state index is 10.3. The molecule has 0 aromatic carbocycles. The summed E-state index contributed by atoms with van der Waals surface area (Å²) in [5.41, 5.74) is 4.99. The van der Waals surface area contributed by atoms with E-state index in [-0.39, 0.29) is 5.54 Å². The molecule has 0 aliphatic rings. The van der Waals surface area contributed by atoms with Crippen LogP contribution in [0, 0.1) is 0 Å². The molecule has 5 nitrogen and oxygen atoms in total. The van der Waals surface area contributed by atoms with Crippen LogP contribution in [-0.2, 0) is 4.79 Å². The third-order valence-electron chi connectivity index (χ3n) is 0.939. The lowest BCUT2D eigenvalue weighted by atomic mass is 10.1. The van der Waals surface area contributed by atoms with Crippen molar-refractivity contribution in [3.63, 3.8) is 0 Å². The molecule has 0 unspecified atom stereocenters. The lowest BCUT2D eigenvalue weighted by Gasteiger charge is -2.12. The Labute approximate surface area is 72.6 Å². The van der Waals surface area contributed by atoms with Crippen LogP contribution in [-0.4, -0.2) is 30.0 Å². The minimum atomic E-state index is -0.254. The van der Waals surface area contributed by atoms with Gasteiger partial charge in [0, 0.05) is 6.54 Å². The van der Waals surface area contributed by atoms with Gasteiger partial charge < -0.3 is 5.73 Å². The summed E-state index contributed by atoms with van der Waals surface area (Å²) in [7, 11) is 0. The molecule has 5 heteroatoms. The van der Waals surface area contributed by atoms with Crippen molar-refractivity contribution in [2.24, 2.45) is 16.1 Å². The summed E-state index contributed by atoms with van der Waals surface area (Å²) in [4.78, 5) is 10.3. The number of hydrogen-bond donors (Lipinski definition) is 1. The second-order valence-electron chi connectivity index (χ2n) is 3.42. The van der Waals surface area contributed by atoms with Crippen molar-refractivity contribution in [2.45, 2.75) is 26.3 Å². The van der Waals surface area contributed by atoms with E-state index < -0.39 is 0 Å². The monoisotopic (exact) mass is 172 g/mol. The largest absolute Gasteiger partial charge is 0.329 e. The minimum absolute atomic E-state index is 0.254. The van der Waals surface area contributed by atoms with Gasteiger partial charge in [0.1, 0.15) is 0 Å². The molecule has 0 spiro atoms. The molecular formula is C7H16N4O. The van der Waals surface area contributed by atoms with E-state index in [9.17, 15) is 4.79 Å². The van der Waals surface area contributed by atoms with Crippen LogP contribution in [0.15, 0.2) is 10.3 Å². The molecule has 1 amide bonds. The summed E-state index contributed by atoms with van der Waals surface area (Å²) in [6.45, 7) is 6.51. The van der Waals surface area contributed by atoms with Gasteiger partial charge in [0.2, 0.25) is 6.41 Å². The van der Waals surface area contributed by atoms with Crippen molar-refractivity contribution in [2.75, 3.05) is 13.1 Å². The molecule has 0 fully saturated rings. The molecule has 0 atom stereocenters. The summed E-state index contributed by atoms with van der Waals surface area (Å²) in [5.74, 6) is 0. The SMILES string of the molecule is CC(C)(C)N=NN(C=O)CCN. The van der Waals surface area contributed by atoms with Gasteiger partial charge in [-0.15, -0.1) is 0 Å². The van der Waals surface area contributed by atoms with Crippen molar-refractivity contribution in [1.82, 2.24) is 5.01 Å². The van der Waals surface area contributed by atoms with Crippen LogP contribution < -0.4 is 5.73 Å². The fourth-order valence-electron chi connectivity index (χ4n) is 0.442. The van der Waals surface area contributed by atoms with E-state index in [0.717, 1.165) is 0 Å². The number of nitrogens with two attached hydrogens (primary N) is 1. The van der Waals surface area contributed by atoms with E-state index >= 15 is 0 Å². The molecule has 0 aromatic heterocycles. The summed E-state index contributed by atoms with van der Waals surface area (Å²) >= 11 is 0. The second-order valence-corrected chi connectivity index (χ2v) is 3.42. The third-order valence-corrected chi connectivity index (χ3v) is 0.939. The lowest BCUT2D eigenvalue weighted by molar-refractivity contribution is -0.118. The zero-order valence-corrected chi connectivity index (χ0v) is 7.82. The Morgan fingerprint density at radius 1 is 1.50 bits per heavy atom. The molecule has 0 saturated carbocycles. The topological polar surface area (TPSA) is 71.0 Å². The third kappa shape index (κ3) is 5.79. The van der Waals surface area contributed by atoms with Crippen LogP contribution in [0.1, 0.15) is 20.8 Å². The molecule has 0 aliphatic carbocycles. The molecule has 0 heterocycles. The van der Waals surface area contributed by atoms with Crippen LogP contribution in [0.2, 0.25) is 0 Å². The Morgan fingerprint density at radius 3 is 2.42 bits per heavy atom. The first-order chi connectivity index (χ1) is 5.49. The lowest BCUT2D eigenvalue weighted by Crippen LogP contribution is -2.24. The van der Waals surface area contributed by atoms with Crippen molar-refractivity contribution in [1.29, 1.82) is 0 Å². The van der Waals surface area contributed by atoms with Gasteiger partial charge in [0.05, 0.1) is 12.1 Å². The van der Waals surface area contributed by atoms with Crippen LogP contribution in [0.25, 0.3) is 0 Å². The molecule has 0 aliphatic heterocycles. The molecule has 0 saturated heterocycles. The van der Waals surface area contributed by atoms with E-state index in [0.29, 0.717) is 19.5 Å². The van der Waals surface area contributed by atoms with E-state index in [1.165, 1.54) is 5.01 Å². The van der Waals surface area contributed by atoms with Gasteiger partial charge >= 0.3 is 0 Å². The second kappa shape index (κ2) is 4.82. The Bertz CT molecular complexity index is 161. The molecular weight excluding hydrogens is 156 g/mol. The summed E-state index contributed by atoms with van der Waals surface area (Å²) in [6.07, 6.45) is 0.613. The van der Waals surface area contributed by atoms with Crippen molar-refractivity contribution in [3.05, 3.63) is 0 Å². The van der Waals surface area contributed by atoms with Gasteiger partial charge in [0.25, 0.3) is 0 Å². The standard InChI is InChI=1S/C7H16N4O/c1-7(2,3)9-10-11(6-12)5-4-8/h6H,4-5,8H2,1-3H3. The van der Waals surface area contributed by atoms with Crippen LogP contribution in [0.3, 0.4) is 0 Å². The van der Waals surface area contributed by atoms with Crippen molar-refractivity contribution in [3.8, 4) is 0 Å². The maximum Gasteiger partial charge on any atom is 0.231 e. The first-order valence-electron chi connectivity index (χ1n) is 3.84. The predicted octanol–water partition coefficient (Wildman–Crippen LogP) is 0.569. The van der Waals surface area contributed by atoms with Gasteiger partial charge in [0.15, 0.2) is 0 Å². The quantitative estimate of drug-likeness (QED) is 0.382. The average molecular weight is 172 g/mol. The Kier molecular flexibility index (Phi) is 4.43. The van der Waals surface area contributed by atoms with E-state index in [1.807, 2.05) is 20.8 Å². The van der Waals surface area contributed by atoms with Crippen LogP contribution in [0.4, 0.5) is 0 Å². The number of carbonyl (C=O) groups excluding carboxylic acids is 1. The van der Waals surface area contributed by atoms with Crippen LogP contribution >= 0.6 is 0 Å². The van der Waals surface area contributed by atoms with Gasteiger partial charge in [-0.05, 0) is 20.8 Å². The molecule has 0 rings (SSSR count). The molecule has 70 valence electrons. The number of hydrogen-bond acceptors (Lipinski definition) is 4. The highest BCUT2D eigenvalue weighted by atomic mass is 16.1. The Morgan fingerprint density at radius 2 is 2.08 bits per heavy atom. The van der Waals surface area contributed by atoms with Gasteiger partial charge in [-0.3, -0.25) is 4.79 Å². The molecule has 2 N–H and O–H groups in total. The maximum absolute atomic E-state index is 10.3. The molecule has 0 radical (unpaired) electrons. The fourth-order valence-corrected chi connectivity index (χ4v) is 0.442. The predicted molar refractivity (Wildman–Crippen MR) is 46.4 cm³/mol. The zero-order chi connectivity index (χ0) is 9.61. The van der Waals surface area contributed by atoms with Gasteiger partial charge in [-0.2, -0.15) is 5.11 Å². The highest BCUT2D eigenvalue weighted by Gasteiger charge is 2.07. The normalized spacial score (nSPS) is 12.0. The minimum Gasteiger partial charge on any atom is -0.329 e. The Balaban J connectivity index is 4.01. The number of amides is 1. The first kappa shape index (κ1) is 11.0. The average Bonchev–Trinajstić information content (AvgIpc) is 1.96.